The average molecular weight is 486 g/mol. The Morgan fingerprint density at radius 2 is 1.44 bits per heavy atom. The van der Waals surface area contributed by atoms with Gasteiger partial charge in [0.05, 0.1) is 0 Å². The second kappa shape index (κ2) is 10.5. The molecule has 7 heteroatoms. The molecule has 5 rings (SSSR count). The highest BCUT2D eigenvalue weighted by atomic mass is 16.5. The van der Waals surface area contributed by atoms with Gasteiger partial charge in [-0.1, -0.05) is 60.7 Å². The second-order valence-electron chi connectivity index (χ2n) is 9.70. The summed E-state index contributed by atoms with van der Waals surface area (Å²) in [5.41, 5.74) is 1.28. The molecule has 1 aliphatic carbocycles. The summed E-state index contributed by atoms with van der Waals surface area (Å²) in [6, 6.07) is 19.9. The lowest BCUT2D eigenvalue weighted by atomic mass is 9.74. The monoisotopic (exact) mass is 485 g/mol. The zero-order valence-electron chi connectivity index (χ0n) is 20.2. The predicted molar refractivity (Wildman–Crippen MR) is 137 cm³/mol. The first-order valence-electron chi connectivity index (χ1n) is 12.6. The molecule has 2 aromatic carbocycles. The number of aromatic nitrogens is 1. The van der Waals surface area contributed by atoms with Crippen molar-refractivity contribution in [2.45, 2.75) is 43.7 Å². The third-order valence-electron chi connectivity index (χ3n) is 7.22. The SMILES string of the molecule is O=C(NCc1ccccc1)c1cn(C2CC2)cc(C(=O)NCC2(c3ccccc3)CCOCC2)c1=O. The minimum atomic E-state index is -0.546. The molecular formula is C29H31N3O4. The normalized spacial score (nSPS) is 16.8. The van der Waals surface area contributed by atoms with Crippen molar-refractivity contribution in [3.63, 3.8) is 0 Å². The van der Waals surface area contributed by atoms with Crippen LogP contribution in [0.4, 0.5) is 0 Å². The zero-order valence-corrected chi connectivity index (χ0v) is 20.2. The Kier molecular flexibility index (Phi) is 7.00. The number of nitrogens with zero attached hydrogens (tertiary/aromatic N) is 1. The lowest BCUT2D eigenvalue weighted by Gasteiger charge is -2.38. The van der Waals surface area contributed by atoms with Gasteiger partial charge in [0.25, 0.3) is 11.8 Å². The largest absolute Gasteiger partial charge is 0.381 e. The standard InChI is InChI=1S/C29H31N3O4/c33-26-24(27(34)30-17-21-7-3-1-4-8-21)18-32(23-11-12-23)19-25(26)28(35)31-20-29(13-15-36-16-14-29)22-9-5-2-6-10-22/h1-10,18-19,23H,11-17,20H2,(H,30,34)(H,31,35). The van der Waals surface area contributed by atoms with E-state index in [1.54, 1.807) is 12.4 Å². The maximum Gasteiger partial charge on any atom is 0.257 e. The Labute approximate surface area is 210 Å². The van der Waals surface area contributed by atoms with E-state index in [0.29, 0.717) is 26.3 Å². The average Bonchev–Trinajstić information content (AvgIpc) is 3.78. The molecule has 1 aromatic heterocycles. The zero-order chi connectivity index (χ0) is 25.0. The van der Waals surface area contributed by atoms with E-state index in [4.69, 9.17) is 4.74 Å². The van der Waals surface area contributed by atoms with E-state index in [1.165, 1.54) is 0 Å². The fraction of sp³-hybridized carbons (Fsp3) is 0.345. The predicted octanol–water partition coefficient (Wildman–Crippen LogP) is 3.59. The quantitative estimate of drug-likeness (QED) is 0.510. The molecule has 2 amide bonds. The maximum absolute atomic E-state index is 13.3. The van der Waals surface area contributed by atoms with E-state index < -0.39 is 17.2 Å². The van der Waals surface area contributed by atoms with Crippen LogP contribution in [0, 0.1) is 0 Å². The van der Waals surface area contributed by atoms with E-state index in [1.807, 2.05) is 53.1 Å². The highest BCUT2D eigenvalue weighted by molar-refractivity contribution is 5.99. The van der Waals surface area contributed by atoms with Crippen LogP contribution in [-0.4, -0.2) is 36.1 Å². The summed E-state index contributed by atoms with van der Waals surface area (Å²) in [7, 11) is 0. The fourth-order valence-corrected chi connectivity index (χ4v) is 4.84. The number of ether oxygens (including phenoxy) is 1. The molecule has 2 aliphatic rings. The molecule has 2 fully saturated rings. The highest BCUT2D eigenvalue weighted by Gasteiger charge is 2.35. The minimum absolute atomic E-state index is 0.00420. The lowest BCUT2D eigenvalue weighted by Crippen LogP contribution is -2.45. The summed E-state index contributed by atoms with van der Waals surface area (Å²) in [6.45, 7) is 1.94. The summed E-state index contributed by atoms with van der Waals surface area (Å²) in [6.07, 6.45) is 6.68. The Morgan fingerprint density at radius 1 is 0.861 bits per heavy atom. The maximum atomic E-state index is 13.3. The molecule has 1 saturated heterocycles. The first-order chi connectivity index (χ1) is 17.6. The number of carbonyl (C=O) groups excluding carboxylic acids is 2. The van der Waals surface area contributed by atoms with Gasteiger partial charge in [-0.05, 0) is 36.8 Å². The number of benzene rings is 2. The van der Waals surface area contributed by atoms with Gasteiger partial charge < -0.3 is 19.9 Å². The van der Waals surface area contributed by atoms with Crippen LogP contribution < -0.4 is 16.1 Å². The van der Waals surface area contributed by atoms with E-state index in [2.05, 4.69) is 22.8 Å². The minimum Gasteiger partial charge on any atom is -0.381 e. The van der Waals surface area contributed by atoms with Gasteiger partial charge in [-0.25, -0.2) is 0 Å². The Hall–Kier alpha value is -3.71. The molecular weight excluding hydrogens is 454 g/mol. The molecule has 0 unspecified atom stereocenters. The second-order valence-corrected chi connectivity index (χ2v) is 9.70. The van der Waals surface area contributed by atoms with Crippen molar-refractivity contribution in [2.75, 3.05) is 19.8 Å². The van der Waals surface area contributed by atoms with E-state index in [-0.39, 0.29) is 22.6 Å². The van der Waals surface area contributed by atoms with E-state index >= 15 is 0 Å². The van der Waals surface area contributed by atoms with Gasteiger partial charge in [0.2, 0.25) is 5.43 Å². The summed E-state index contributed by atoms with van der Waals surface area (Å²) in [4.78, 5) is 39.6. The Morgan fingerprint density at radius 3 is 2.06 bits per heavy atom. The summed E-state index contributed by atoms with van der Waals surface area (Å²) in [5.74, 6) is -0.924. The van der Waals surface area contributed by atoms with Crippen LogP contribution in [-0.2, 0) is 16.7 Å². The first-order valence-corrected chi connectivity index (χ1v) is 12.6. The summed E-state index contributed by atoms with van der Waals surface area (Å²) in [5, 5.41) is 5.84. The van der Waals surface area contributed by atoms with Crippen molar-refractivity contribution in [3.05, 3.63) is 106 Å². The van der Waals surface area contributed by atoms with Crippen molar-refractivity contribution in [1.29, 1.82) is 0 Å². The number of hydrogen-bond acceptors (Lipinski definition) is 4. The number of hydrogen-bond donors (Lipinski definition) is 2. The van der Waals surface area contributed by atoms with Gasteiger partial charge in [0, 0.05) is 50.2 Å². The topological polar surface area (TPSA) is 89.4 Å². The van der Waals surface area contributed by atoms with Gasteiger partial charge in [-0.15, -0.1) is 0 Å². The number of amides is 2. The van der Waals surface area contributed by atoms with Gasteiger partial charge in [-0.3, -0.25) is 14.4 Å². The molecule has 7 nitrogen and oxygen atoms in total. The molecule has 36 heavy (non-hydrogen) atoms. The number of pyridine rings is 1. The molecule has 0 spiro atoms. The van der Waals surface area contributed by atoms with Crippen molar-refractivity contribution >= 4 is 11.8 Å². The smallest absolute Gasteiger partial charge is 0.257 e. The first kappa shape index (κ1) is 24.0. The summed E-state index contributed by atoms with van der Waals surface area (Å²) < 4.78 is 7.43. The molecule has 186 valence electrons. The summed E-state index contributed by atoms with van der Waals surface area (Å²) >= 11 is 0. The van der Waals surface area contributed by atoms with Crippen LogP contribution in [0.3, 0.4) is 0 Å². The van der Waals surface area contributed by atoms with Gasteiger partial charge in [0.1, 0.15) is 11.1 Å². The number of rotatable bonds is 8. The molecule has 3 aromatic rings. The van der Waals surface area contributed by atoms with Crippen molar-refractivity contribution < 1.29 is 14.3 Å². The Balaban J connectivity index is 1.37. The molecule has 2 heterocycles. The lowest BCUT2D eigenvalue weighted by molar-refractivity contribution is 0.0487. The van der Waals surface area contributed by atoms with Crippen molar-refractivity contribution in [1.82, 2.24) is 15.2 Å². The van der Waals surface area contributed by atoms with Crippen LogP contribution >= 0.6 is 0 Å². The van der Waals surface area contributed by atoms with Gasteiger partial charge in [-0.2, -0.15) is 0 Å². The van der Waals surface area contributed by atoms with Crippen LogP contribution in [0.5, 0.6) is 0 Å². The highest BCUT2D eigenvalue weighted by Crippen LogP contribution is 2.35. The molecule has 2 N–H and O–H groups in total. The molecule has 0 bridgehead atoms. The van der Waals surface area contributed by atoms with Crippen molar-refractivity contribution in [3.8, 4) is 0 Å². The van der Waals surface area contributed by atoms with Crippen LogP contribution in [0.15, 0.2) is 77.9 Å². The van der Waals surface area contributed by atoms with Crippen molar-refractivity contribution in [2.24, 2.45) is 0 Å². The van der Waals surface area contributed by atoms with E-state index in [9.17, 15) is 14.4 Å². The van der Waals surface area contributed by atoms with E-state index in [0.717, 1.165) is 36.8 Å². The molecule has 1 saturated carbocycles. The molecule has 0 radical (unpaired) electrons. The number of nitrogens with one attached hydrogen (secondary N) is 2. The van der Waals surface area contributed by atoms with Gasteiger partial charge >= 0.3 is 0 Å². The van der Waals surface area contributed by atoms with Gasteiger partial charge in [0.15, 0.2) is 0 Å². The number of carbonyl (C=O) groups is 2. The van der Waals surface area contributed by atoms with Crippen LogP contribution in [0.1, 0.15) is 63.6 Å². The van der Waals surface area contributed by atoms with Crippen LogP contribution in [0.25, 0.3) is 0 Å². The Bertz CT molecular complexity index is 1280. The third kappa shape index (κ3) is 5.26. The molecule has 0 atom stereocenters. The third-order valence-corrected chi connectivity index (χ3v) is 7.22. The van der Waals surface area contributed by atoms with Crippen LogP contribution in [0.2, 0.25) is 0 Å². The fourth-order valence-electron chi connectivity index (χ4n) is 4.84. The molecule has 1 aliphatic heterocycles.